The number of ether oxygens (including phenoxy) is 1. The van der Waals surface area contributed by atoms with E-state index in [-0.39, 0.29) is 54.1 Å². The van der Waals surface area contributed by atoms with Gasteiger partial charge in [-0.2, -0.15) is 22.0 Å². The number of hydrogen-bond acceptors (Lipinski definition) is 14. The molecule has 0 aromatic carbocycles. The van der Waals surface area contributed by atoms with Crippen LogP contribution in [0.4, 0.5) is 0 Å². The Morgan fingerprint density at radius 1 is 0.279 bits per heavy atom. The van der Waals surface area contributed by atoms with Gasteiger partial charge in [0, 0.05) is 141 Å². The van der Waals surface area contributed by atoms with E-state index < -0.39 is 0 Å². The fourth-order valence-corrected chi connectivity index (χ4v) is 22.7. The summed E-state index contributed by atoms with van der Waals surface area (Å²) in [5.74, 6) is 4.49. The third-order valence-electron chi connectivity index (χ3n) is 27.8. The molecule has 136 heavy (non-hydrogen) atoms. The van der Waals surface area contributed by atoms with E-state index in [9.17, 15) is 0 Å². The second-order valence-electron chi connectivity index (χ2n) is 60.6. The molecule has 1 N–H and O–H groups in total. The Hall–Kier alpha value is -3.50. The van der Waals surface area contributed by atoms with Gasteiger partial charge in [0.2, 0.25) is 0 Å². The molecule has 4 saturated heterocycles. The normalized spacial score (nSPS) is 21.0. The molecule has 0 radical (unpaired) electrons. The average molecular weight is 1920 g/mol. The Kier molecular flexibility index (Phi) is 47.6. The Bertz CT molecular complexity index is 3390. The van der Waals surface area contributed by atoms with Gasteiger partial charge in [-0.25, -0.2) is 19.9 Å². The fraction of sp³-hybridized carbons (Fsp3) is 0.861. The summed E-state index contributed by atoms with van der Waals surface area (Å²) in [6.45, 7) is 151. The first-order valence-corrected chi connectivity index (χ1v) is 55.1. The molecule has 4 aliphatic rings. The first-order valence-electron chi connectivity index (χ1n) is 53.9. The molecule has 0 aliphatic carbocycles. The van der Waals surface area contributed by atoms with Gasteiger partial charge < -0.3 is 10.1 Å². The molecule has 0 saturated carbocycles. The molecule has 8 unspecified atom stereocenters. The number of morpholine rings is 1. The lowest BCUT2D eigenvalue weighted by molar-refractivity contribution is -0.126. The van der Waals surface area contributed by atoms with Crippen LogP contribution in [0.25, 0.3) is 0 Å². The van der Waals surface area contributed by atoms with Crippen LogP contribution in [0.2, 0.25) is 0 Å². The van der Waals surface area contributed by atoms with Crippen LogP contribution in [0.1, 0.15) is 554 Å². The number of piperazine rings is 1. The number of nitrogens with one attached hydrogen (secondary N) is 1. The second-order valence-corrected chi connectivity index (χ2v) is 61.7. The van der Waals surface area contributed by atoms with Crippen LogP contribution in [0, 0.1) is 43.3 Å². The lowest BCUT2D eigenvalue weighted by atomic mass is 9.72. The maximum absolute atomic E-state index is 5.89. The predicted molar refractivity (Wildman–Crippen MR) is 605 cm³/mol. The molecule has 8 rings (SSSR count). The van der Waals surface area contributed by atoms with Crippen LogP contribution in [0.15, 0.2) is 31.1 Å². The zero-order valence-electron chi connectivity index (χ0n) is 103. The van der Waals surface area contributed by atoms with Crippen molar-refractivity contribution >= 4 is 11.8 Å². The van der Waals surface area contributed by atoms with E-state index >= 15 is 0 Å². The highest BCUT2D eigenvalue weighted by Crippen LogP contribution is 2.47. The van der Waals surface area contributed by atoms with Gasteiger partial charge in [0.1, 0.15) is 12.7 Å². The number of pyridine rings is 1. The van der Waals surface area contributed by atoms with E-state index in [1.807, 2.05) is 12.4 Å². The van der Waals surface area contributed by atoms with Gasteiger partial charge in [0.15, 0.2) is 0 Å². The Balaban J connectivity index is 0.000000777. The van der Waals surface area contributed by atoms with Crippen molar-refractivity contribution in [2.75, 3.05) is 37.8 Å². The molecule has 0 amide bonds. The van der Waals surface area contributed by atoms with Crippen LogP contribution in [-0.2, 0) is 48.1 Å². The van der Waals surface area contributed by atoms with Gasteiger partial charge in [0.25, 0.3) is 0 Å². The van der Waals surface area contributed by atoms with E-state index in [1.54, 1.807) is 12.7 Å². The largest absolute Gasteiger partial charge is 0.378 e. The fourth-order valence-electron chi connectivity index (χ4n) is 20.8. The molecule has 8 atom stereocenters. The van der Waals surface area contributed by atoms with E-state index in [0.717, 1.165) is 44.1 Å². The highest BCUT2D eigenvalue weighted by molar-refractivity contribution is 7.99. The molecule has 4 aliphatic heterocycles. The van der Waals surface area contributed by atoms with Crippen molar-refractivity contribution < 1.29 is 4.74 Å². The SMILES string of the molecule is CC(C)N1C(C(C)(C)C)CCCC1C(C)(C)C.CC(C)N1C(C(C)(C)C)CNCC1C(C)(C)C.CC(C)N1C(C(C)(C)C)COCC1C(C)(C)C.CC(C)N1C(C(C)(C)C)CSCC1C(C)(C)C.CC(C)c1c(C(C)(C)C)ccnc1C(C)(C)C.CC(C)c1c(C(C)(C)C)cnnc1C(C)(C)C.CC(C)c1c(C(C)(C)C)ncnc1C(C)(C)C.CC(C)c1c(C(C)(C)C)ncnc1C(C)(C)C. The number of nitrogens with zero attached hydrogens (tertiary/aromatic N) is 11. The molecule has 4 fully saturated rings. The zero-order chi connectivity index (χ0) is 107. The summed E-state index contributed by atoms with van der Waals surface area (Å²) in [6.07, 6.45) is 11.5. The number of likely N-dealkylation sites (tertiary alicyclic amines) is 1. The van der Waals surface area contributed by atoms with Crippen molar-refractivity contribution in [2.24, 2.45) is 43.3 Å². The average Bonchev–Trinajstić information content (AvgIpc) is 0.823. The van der Waals surface area contributed by atoms with Gasteiger partial charge in [0.05, 0.1) is 47.9 Å². The smallest absolute Gasteiger partial charge is 0.116 e. The highest BCUT2D eigenvalue weighted by atomic mass is 32.2. The molecule has 0 spiro atoms. The summed E-state index contributed by atoms with van der Waals surface area (Å²) in [4.78, 5) is 33.8. The molecule has 8 heterocycles. The van der Waals surface area contributed by atoms with E-state index in [4.69, 9.17) is 4.74 Å². The quantitative estimate of drug-likeness (QED) is 0.180. The molecule has 0 bridgehead atoms. The first kappa shape index (κ1) is 131. The van der Waals surface area contributed by atoms with Crippen molar-refractivity contribution in [3.63, 3.8) is 0 Å². The number of piperidine rings is 1. The first-order chi connectivity index (χ1) is 60.4. The minimum Gasteiger partial charge on any atom is -0.378 e. The lowest BCUT2D eigenvalue weighted by Crippen LogP contribution is -2.66. The number of thioether (sulfide) groups is 1. The summed E-state index contributed by atoms with van der Waals surface area (Å²) in [6, 6.07) is 9.83. The standard InChI is InChI=1S/C16H33N.C16H27N.C15H32N2.3C15H26N2.C15H31NO.C15H31NS/c1-12(2)17-13(15(3,4)5)10-9-11-14(17)16(6,7)8;1-11(2)13-12(15(3,4)5)9-10-17-14(13)16(6,7)8;1-11(2)17-12(14(3,4)5)9-16-10-13(17)15(6,7)8;2*1-10(2)11-12(14(3,4)5)16-9-17-13(11)15(6,7)8;1-10(2)12-11(14(3,4)5)9-16-17-13(12)15(6,7)8;2*1-11(2)16-12(14(3,4)5)9-17-10-13(16)15(6,7)8/h12-14H,9-11H2,1-8H3;9-11H,1-8H3;11-13,16H,9-10H2,1-8H3;3*9-10H,1-8H3;2*11-13H,9-10H2,1-8H3. The van der Waals surface area contributed by atoms with Crippen molar-refractivity contribution in [2.45, 2.75) is 602 Å². The van der Waals surface area contributed by atoms with E-state index in [2.05, 4.69) is 521 Å². The van der Waals surface area contributed by atoms with Crippen LogP contribution < -0.4 is 5.32 Å². The summed E-state index contributed by atoms with van der Waals surface area (Å²) in [7, 11) is 0. The summed E-state index contributed by atoms with van der Waals surface area (Å²) < 4.78 is 5.89. The van der Waals surface area contributed by atoms with Crippen molar-refractivity contribution in [1.82, 2.24) is 60.0 Å². The lowest BCUT2D eigenvalue weighted by Gasteiger charge is -2.54. The summed E-state index contributed by atoms with van der Waals surface area (Å²) >= 11 is 2.14. The molecule has 14 heteroatoms. The van der Waals surface area contributed by atoms with Gasteiger partial charge in [-0.3, -0.25) is 24.6 Å². The van der Waals surface area contributed by atoms with Crippen LogP contribution in [0.5, 0.6) is 0 Å². The van der Waals surface area contributed by atoms with E-state index in [1.165, 1.54) is 92.6 Å². The van der Waals surface area contributed by atoms with Crippen molar-refractivity contribution in [3.05, 3.63) is 98.7 Å². The topological polar surface area (TPSA) is 124 Å². The molecular weight excluding hydrogens is 1680 g/mol. The van der Waals surface area contributed by atoms with Gasteiger partial charge in [-0.1, -0.05) is 394 Å². The van der Waals surface area contributed by atoms with Crippen LogP contribution >= 0.6 is 11.8 Å². The van der Waals surface area contributed by atoms with Crippen LogP contribution in [-0.4, -0.2) is 165 Å². The number of hydrogen-bond donors (Lipinski definition) is 1. The molecule has 4 aromatic heterocycles. The minimum atomic E-state index is 0.0495. The highest BCUT2D eigenvalue weighted by Gasteiger charge is 2.49. The van der Waals surface area contributed by atoms with Crippen molar-refractivity contribution in [1.29, 1.82) is 0 Å². The molecular formula is C122H232N12OS. The maximum Gasteiger partial charge on any atom is 0.116 e. The number of aromatic nitrogens is 7. The van der Waals surface area contributed by atoms with Gasteiger partial charge in [-0.15, -0.1) is 0 Å². The second kappa shape index (κ2) is 49.6. The molecule has 792 valence electrons. The monoisotopic (exact) mass is 1910 g/mol. The Morgan fingerprint density at radius 2 is 0.515 bits per heavy atom. The zero-order valence-corrected chi connectivity index (χ0v) is 104. The predicted octanol–water partition coefficient (Wildman–Crippen LogP) is 33.1. The van der Waals surface area contributed by atoms with Gasteiger partial charge in [-0.05, 0) is 186 Å². The van der Waals surface area contributed by atoms with Crippen LogP contribution in [0.3, 0.4) is 0 Å². The number of rotatable bonds is 8. The third kappa shape index (κ3) is 39.1. The summed E-state index contributed by atoms with van der Waals surface area (Å²) in [5.41, 5.74) is 18.9. The Labute approximate surface area is 852 Å². The minimum absolute atomic E-state index is 0.0495. The maximum atomic E-state index is 5.89. The third-order valence-corrected chi connectivity index (χ3v) is 28.9. The van der Waals surface area contributed by atoms with E-state index in [0.29, 0.717) is 117 Å². The summed E-state index contributed by atoms with van der Waals surface area (Å²) in [5, 5.41) is 12.2. The van der Waals surface area contributed by atoms with Gasteiger partial charge >= 0.3 is 0 Å². The van der Waals surface area contributed by atoms with Crippen molar-refractivity contribution in [3.8, 4) is 0 Å². The Morgan fingerprint density at radius 3 is 0.750 bits per heavy atom. The molecule has 13 nitrogen and oxygen atoms in total. The molecule has 4 aromatic rings.